The van der Waals surface area contributed by atoms with Gasteiger partial charge in [-0.3, -0.25) is 0 Å². The Kier molecular flexibility index (Phi) is 4.11. The van der Waals surface area contributed by atoms with Crippen molar-refractivity contribution in [2.45, 2.75) is 6.04 Å². The number of anilines is 1. The fourth-order valence-electron chi connectivity index (χ4n) is 2.86. The maximum Gasteiger partial charge on any atom is 0.226 e. The van der Waals surface area contributed by atoms with Crippen molar-refractivity contribution in [1.82, 2.24) is 14.8 Å². The van der Waals surface area contributed by atoms with Gasteiger partial charge >= 0.3 is 0 Å². The Morgan fingerprint density at radius 1 is 1.16 bits per heavy atom. The molecule has 0 spiro atoms. The lowest BCUT2D eigenvalue weighted by atomic mass is 10.0. The Labute approximate surface area is 154 Å². The Bertz CT molecular complexity index is 967. The molecule has 0 saturated heterocycles. The third kappa shape index (κ3) is 2.97. The molecule has 0 unspecified atom stereocenters. The van der Waals surface area contributed by atoms with Gasteiger partial charge in [-0.2, -0.15) is 10.1 Å². The number of nitrogens with one attached hydrogen (secondary N) is 1. The van der Waals surface area contributed by atoms with Crippen molar-refractivity contribution in [3.05, 3.63) is 76.0 Å². The van der Waals surface area contributed by atoms with Crippen LogP contribution >= 0.6 is 23.2 Å². The van der Waals surface area contributed by atoms with E-state index in [1.54, 1.807) is 17.9 Å². The fraction of sp³-hybridized carbons (Fsp3) is 0.111. The molecular weight excluding hydrogens is 359 g/mol. The standard InChI is InChI=1S/C18H14Cl2N4O/c1-25-13-4-2-3-11(7-13)16-9-17(24-18(23-16)21-10-22-24)14-6-5-12(19)8-15(14)20/h2-10,17H,1H3,(H,21,22,23)/t17-/m1/s1. The summed E-state index contributed by atoms with van der Waals surface area (Å²) in [6, 6.07) is 13.1. The summed E-state index contributed by atoms with van der Waals surface area (Å²) in [5.41, 5.74) is 2.80. The van der Waals surface area contributed by atoms with E-state index in [0.717, 1.165) is 22.6 Å². The molecule has 0 saturated carbocycles. The van der Waals surface area contributed by atoms with Gasteiger partial charge in [0.25, 0.3) is 0 Å². The van der Waals surface area contributed by atoms with Crippen LogP contribution in [-0.2, 0) is 0 Å². The summed E-state index contributed by atoms with van der Waals surface area (Å²) < 4.78 is 7.11. The predicted molar refractivity (Wildman–Crippen MR) is 99.2 cm³/mol. The predicted octanol–water partition coefficient (Wildman–Crippen LogP) is 4.65. The number of halogens is 2. The first kappa shape index (κ1) is 16.0. The topological polar surface area (TPSA) is 52.0 Å². The summed E-state index contributed by atoms with van der Waals surface area (Å²) in [6.07, 6.45) is 3.58. The molecule has 4 rings (SSSR count). The van der Waals surface area contributed by atoms with Crippen molar-refractivity contribution in [3.8, 4) is 5.75 Å². The average Bonchev–Trinajstić information content (AvgIpc) is 3.10. The highest BCUT2D eigenvalue weighted by molar-refractivity contribution is 6.35. The van der Waals surface area contributed by atoms with Crippen molar-refractivity contribution in [2.75, 3.05) is 12.4 Å². The van der Waals surface area contributed by atoms with E-state index in [0.29, 0.717) is 16.0 Å². The van der Waals surface area contributed by atoms with Crippen LogP contribution in [0.3, 0.4) is 0 Å². The van der Waals surface area contributed by atoms with Gasteiger partial charge in [0.05, 0.1) is 7.11 Å². The molecule has 2 heterocycles. The van der Waals surface area contributed by atoms with Gasteiger partial charge < -0.3 is 10.1 Å². The average molecular weight is 373 g/mol. The monoisotopic (exact) mass is 372 g/mol. The summed E-state index contributed by atoms with van der Waals surface area (Å²) in [6.45, 7) is 0. The van der Waals surface area contributed by atoms with Crippen LogP contribution in [0.4, 0.5) is 5.95 Å². The van der Waals surface area contributed by atoms with Gasteiger partial charge in [0.1, 0.15) is 18.1 Å². The quantitative estimate of drug-likeness (QED) is 0.726. The molecule has 0 radical (unpaired) electrons. The normalized spacial score (nSPS) is 16.0. The highest BCUT2D eigenvalue weighted by Gasteiger charge is 2.25. The van der Waals surface area contributed by atoms with Crippen molar-refractivity contribution in [2.24, 2.45) is 0 Å². The summed E-state index contributed by atoms with van der Waals surface area (Å²) in [5, 5.41) is 8.80. The molecular formula is C18H14Cl2N4O. The van der Waals surface area contributed by atoms with Crippen LogP contribution in [-0.4, -0.2) is 21.9 Å². The number of ether oxygens (including phenoxy) is 1. The smallest absolute Gasteiger partial charge is 0.226 e. The van der Waals surface area contributed by atoms with Gasteiger partial charge in [-0.05, 0) is 35.9 Å². The Morgan fingerprint density at radius 2 is 2.04 bits per heavy atom. The second-order valence-electron chi connectivity index (χ2n) is 5.58. The van der Waals surface area contributed by atoms with Crippen molar-refractivity contribution >= 4 is 34.8 Å². The van der Waals surface area contributed by atoms with E-state index in [9.17, 15) is 0 Å². The largest absolute Gasteiger partial charge is 0.497 e. The third-order valence-corrected chi connectivity index (χ3v) is 4.63. The Balaban J connectivity index is 1.83. The van der Waals surface area contributed by atoms with Crippen LogP contribution in [0.25, 0.3) is 5.70 Å². The number of hydrogen-bond acceptors (Lipinski definition) is 4. The Hall–Kier alpha value is -2.50. The first-order chi connectivity index (χ1) is 12.2. The lowest BCUT2D eigenvalue weighted by Gasteiger charge is -2.25. The molecule has 0 fully saturated rings. The number of fused-ring (bicyclic) bond motifs is 1. The lowest BCUT2D eigenvalue weighted by Crippen LogP contribution is -2.20. The second-order valence-corrected chi connectivity index (χ2v) is 6.42. The van der Waals surface area contributed by atoms with Crippen LogP contribution in [0.1, 0.15) is 17.2 Å². The fourth-order valence-corrected chi connectivity index (χ4v) is 3.38. The summed E-state index contributed by atoms with van der Waals surface area (Å²) in [7, 11) is 1.65. The number of allylic oxidation sites excluding steroid dienone is 1. The van der Waals surface area contributed by atoms with Gasteiger partial charge in [0.15, 0.2) is 0 Å². The molecule has 1 aliphatic rings. The number of nitrogens with zero attached hydrogens (tertiary/aromatic N) is 3. The first-order valence-electron chi connectivity index (χ1n) is 7.63. The molecule has 1 aromatic heterocycles. The zero-order valence-electron chi connectivity index (χ0n) is 13.3. The van der Waals surface area contributed by atoms with Crippen molar-refractivity contribution in [3.63, 3.8) is 0 Å². The third-order valence-electron chi connectivity index (χ3n) is 4.07. The van der Waals surface area contributed by atoms with Gasteiger partial charge in [-0.15, -0.1) is 0 Å². The Morgan fingerprint density at radius 3 is 2.84 bits per heavy atom. The molecule has 2 aromatic carbocycles. The SMILES string of the molecule is COc1cccc(C2=C[C@H](c3ccc(Cl)cc3Cl)n3ncnc3N2)c1. The lowest BCUT2D eigenvalue weighted by molar-refractivity contribution is 0.414. The van der Waals surface area contributed by atoms with E-state index in [4.69, 9.17) is 27.9 Å². The molecule has 7 heteroatoms. The second kappa shape index (κ2) is 6.43. The number of benzene rings is 2. The molecule has 5 nitrogen and oxygen atoms in total. The molecule has 0 amide bonds. The molecule has 0 aliphatic carbocycles. The van der Waals surface area contributed by atoms with Crippen LogP contribution in [0.5, 0.6) is 5.75 Å². The minimum Gasteiger partial charge on any atom is -0.497 e. The van der Waals surface area contributed by atoms with E-state index in [2.05, 4.69) is 21.5 Å². The van der Waals surface area contributed by atoms with E-state index in [1.807, 2.05) is 36.4 Å². The van der Waals surface area contributed by atoms with Crippen LogP contribution in [0.2, 0.25) is 10.0 Å². The molecule has 25 heavy (non-hydrogen) atoms. The van der Waals surface area contributed by atoms with E-state index in [1.165, 1.54) is 6.33 Å². The minimum absolute atomic E-state index is 0.190. The van der Waals surface area contributed by atoms with E-state index in [-0.39, 0.29) is 6.04 Å². The molecule has 126 valence electrons. The molecule has 1 atom stereocenters. The zero-order chi connectivity index (χ0) is 17.4. The minimum atomic E-state index is -0.190. The molecule has 1 aliphatic heterocycles. The summed E-state index contributed by atoms with van der Waals surface area (Å²) >= 11 is 12.5. The van der Waals surface area contributed by atoms with E-state index < -0.39 is 0 Å². The number of methoxy groups -OCH3 is 1. The number of aromatic nitrogens is 3. The number of hydrogen-bond donors (Lipinski definition) is 1. The number of rotatable bonds is 3. The summed E-state index contributed by atoms with van der Waals surface area (Å²) in [5.74, 6) is 1.43. The van der Waals surface area contributed by atoms with Crippen LogP contribution < -0.4 is 10.1 Å². The van der Waals surface area contributed by atoms with Gasteiger partial charge in [-0.1, -0.05) is 41.4 Å². The van der Waals surface area contributed by atoms with Crippen LogP contribution in [0, 0.1) is 0 Å². The summed E-state index contributed by atoms with van der Waals surface area (Å²) in [4.78, 5) is 4.30. The first-order valence-corrected chi connectivity index (χ1v) is 8.39. The van der Waals surface area contributed by atoms with Crippen LogP contribution in [0.15, 0.2) is 54.9 Å². The highest BCUT2D eigenvalue weighted by atomic mass is 35.5. The molecule has 1 N–H and O–H groups in total. The zero-order valence-corrected chi connectivity index (χ0v) is 14.8. The highest BCUT2D eigenvalue weighted by Crippen LogP contribution is 2.36. The van der Waals surface area contributed by atoms with Crippen molar-refractivity contribution < 1.29 is 4.74 Å². The van der Waals surface area contributed by atoms with Gasteiger partial charge in [0.2, 0.25) is 5.95 Å². The maximum atomic E-state index is 6.42. The van der Waals surface area contributed by atoms with Crippen molar-refractivity contribution in [1.29, 1.82) is 0 Å². The van der Waals surface area contributed by atoms with E-state index >= 15 is 0 Å². The van der Waals surface area contributed by atoms with Gasteiger partial charge in [0, 0.05) is 21.3 Å². The molecule has 0 bridgehead atoms. The maximum absolute atomic E-state index is 6.42. The molecule has 3 aromatic rings. The van der Waals surface area contributed by atoms with Gasteiger partial charge in [-0.25, -0.2) is 4.68 Å².